The Morgan fingerprint density at radius 1 is 1.57 bits per heavy atom. The molecule has 1 N–H and O–H groups in total. The zero-order valence-corrected chi connectivity index (χ0v) is 9.53. The summed E-state index contributed by atoms with van der Waals surface area (Å²) in [7, 11) is 0. The highest BCUT2D eigenvalue weighted by Gasteiger charge is 2.12. The van der Waals surface area contributed by atoms with Gasteiger partial charge in [-0.3, -0.25) is 0 Å². The van der Waals surface area contributed by atoms with Gasteiger partial charge in [-0.15, -0.1) is 11.3 Å². The van der Waals surface area contributed by atoms with Crippen LogP contribution in [0.5, 0.6) is 0 Å². The fraction of sp³-hybridized carbons (Fsp3) is 0.600. The van der Waals surface area contributed by atoms with Crippen LogP contribution < -0.4 is 5.32 Å². The highest BCUT2D eigenvalue weighted by atomic mass is 35.5. The fourth-order valence-electron chi connectivity index (χ4n) is 1.61. The Morgan fingerprint density at radius 3 is 3.14 bits per heavy atom. The molecule has 1 aliphatic rings. The third-order valence-electron chi connectivity index (χ3n) is 2.37. The van der Waals surface area contributed by atoms with Gasteiger partial charge in [0, 0.05) is 17.5 Å². The van der Waals surface area contributed by atoms with Gasteiger partial charge >= 0.3 is 0 Å². The molecule has 2 rings (SSSR count). The molecule has 1 atom stereocenters. The monoisotopic (exact) mass is 231 g/mol. The molecular weight excluding hydrogens is 218 g/mol. The van der Waals surface area contributed by atoms with Crippen LogP contribution in [0.3, 0.4) is 0 Å². The minimum Gasteiger partial charge on any atom is -0.379 e. The predicted octanol–water partition coefficient (Wildman–Crippen LogP) is 2.32. The van der Waals surface area contributed by atoms with Crippen molar-refractivity contribution in [1.82, 2.24) is 5.32 Å². The lowest BCUT2D eigenvalue weighted by molar-refractivity contribution is 0.0744. The van der Waals surface area contributed by atoms with Crippen LogP contribution in [0, 0.1) is 0 Å². The van der Waals surface area contributed by atoms with Gasteiger partial charge in [-0.05, 0) is 25.0 Å². The highest BCUT2D eigenvalue weighted by molar-refractivity contribution is 7.16. The molecule has 14 heavy (non-hydrogen) atoms. The van der Waals surface area contributed by atoms with E-state index < -0.39 is 0 Å². The summed E-state index contributed by atoms with van der Waals surface area (Å²) in [6.07, 6.45) is 2.23. The Hall–Kier alpha value is -0.0900. The van der Waals surface area contributed by atoms with Gasteiger partial charge in [0.1, 0.15) is 0 Å². The van der Waals surface area contributed by atoms with Crippen LogP contribution in [0.1, 0.15) is 11.3 Å². The Kier molecular flexibility index (Phi) is 3.81. The van der Waals surface area contributed by atoms with E-state index in [4.69, 9.17) is 16.3 Å². The Morgan fingerprint density at radius 2 is 2.50 bits per heavy atom. The number of thiophene rings is 1. The van der Waals surface area contributed by atoms with Crippen molar-refractivity contribution in [3.05, 3.63) is 21.3 Å². The number of hydrogen-bond donors (Lipinski definition) is 1. The van der Waals surface area contributed by atoms with Crippen molar-refractivity contribution in [3.8, 4) is 0 Å². The maximum absolute atomic E-state index is 5.86. The first-order valence-corrected chi connectivity index (χ1v) is 6.09. The van der Waals surface area contributed by atoms with Crippen molar-refractivity contribution >= 4 is 22.9 Å². The molecule has 1 aliphatic heterocycles. The Labute approximate surface area is 93.2 Å². The molecule has 1 fully saturated rings. The van der Waals surface area contributed by atoms with Crippen LogP contribution in [-0.4, -0.2) is 25.8 Å². The summed E-state index contributed by atoms with van der Waals surface area (Å²) in [5, 5.41) is 3.44. The second kappa shape index (κ2) is 5.12. The predicted molar refractivity (Wildman–Crippen MR) is 60.3 cm³/mol. The van der Waals surface area contributed by atoms with Gasteiger partial charge in [0.05, 0.1) is 17.6 Å². The molecule has 4 heteroatoms. The van der Waals surface area contributed by atoms with Gasteiger partial charge < -0.3 is 10.1 Å². The van der Waals surface area contributed by atoms with Crippen molar-refractivity contribution in [2.45, 2.75) is 18.9 Å². The molecule has 2 nitrogen and oxygen atoms in total. The van der Waals surface area contributed by atoms with Crippen molar-refractivity contribution < 1.29 is 4.74 Å². The lowest BCUT2D eigenvalue weighted by atomic mass is 10.1. The van der Waals surface area contributed by atoms with Gasteiger partial charge in [0.25, 0.3) is 0 Å². The molecular formula is C10H14ClNOS. The minimum absolute atomic E-state index is 0.518. The van der Waals surface area contributed by atoms with Gasteiger partial charge in [0.2, 0.25) is 0 Å². The van der Waals surface area contributed by atoms with Crippen LogP contribution in [0.2, 0.25) is 4.34 Å². The normalized spacial score (nSPS) is 22.5. The molecule has 1 aromatic heterocycles. The average molecular weight is 232 g/mol. The van der Waals surface area contributed by atoms with E-state index in [9.17, 15) is 0 Å². The molecule has 1 aromatic rings. The molecule has 0 radical (unpaired) electrons. The van der Waals surface area contributed by atoms with E-state index >= 15 is 0 Å². The van der Waals surface area contributed by atoms with Gasteiger partial charge in [-0.2, -0.15) is 0 Å². The van der Waals surface area contributed by atoms with E-state index in [1.54, 1.807) is 11.3 Å². The number of rotatable bonds is 3. The molecule has 78 valence electrons. The van der Waals surface area contributed by atoms with Crippen LogP contribution in [0.4, 0.5) is 0 Å². The molecule has 2 heterocycles. The lowest BCUT2D eigenvalue weighted by Crippen LogP contribution is -2.41. The summed E-state index contributed by atoms with van der Waals surface area (Å²) >= 11 is 7.53. The first kappa shape index (κ1) is 10.4. The molecule has 0 amide bonds. The molecule has 0 aromatic carbocycles. The number of hydrogen-bond acceptors (Lipinski definition) is 3. The van der Waals surface area contributed by atoms with Crippen LogP contribution in [0.15, 0.2) is 12.1 Å². The summed E-state index contributed by atoms with van der Waals surface area (Å²) < 4.78 is 6.27. The summed E-state index contributed by atoms with van der Waals surface area (Å²) in [6.45, 7) is 2.68. The number of aryl methyl sites for hydroxylation is 1. The SMILES string of the molecule is Clc1ccc(CCC2COCCN2)s1. The largest absolute Gasteiger partial charge is 0.379 e. The Balaban J connectivity index is 1.76. The second-order valence-electron chi connectivity index (χ2n) is 3.47. The second-order valence-corrected chi connectivity index (χ2v) is 5.27. The first-order chi connectivity index (χ1) is 6.84. The highest BCUT2D eigenvalue weighted by Crippen LogP contribution is 2.22. The average Bonchev–Trinajstić information content (AvgIpc) is 2.63. The van der Waals surface area contributed by atoms with Crippen molar-refractivity contribution in [3.63, 3.8) is 0 Å². The quantitative estimate of drug-likeness (QED) is 0.862. The lowest BCUT2D eigenvalue weighted by Gasteiger charge is -2.23. The topological polar surface area (TPSA) is 21.3 Å². The van der Waals surface area contributed by atoms with Crippen LogP contribution in [-0.2, 0) is 11.2 Å². The summed E-state index contributed by atoms with van der Waals surface area (Å²) in [6, 6.07) is 4.59. The van der Waals surface area contributed by atoms with E-state index in [-0.39, 0.29) is 0 Å². The number of nitrogens with one attached hydrogen (secondary N) is 1. The smallest absolute Gasteiger partial charge is 0.0931 e. The van der Waals surface area contributed by atoms with Gasteiger partial charge in [-0.25, -0.2) is 0 Å². The zero-order chi connectivity index (χ0) is 9.80. The third kappa shape index (κ3) is 2.95. The van der Waals surface area contributed by atoms with E-state index in [2.05, 4.69) is 11.4 Å². The first-order valence-electron chi connectivity index (χ1n) is 4.90. The Bertz CT molecular complexity index is 283. The molecule has 0 spiro atoms. The van der Waals surface area contributed by atoms with E-state index in [0.717, 1.165) is 36.9 Å². The standard InChI is InChI=1S/C10H14ClNOS/c11-10-4-3-9(14-10)2-1-8-7-13-6-5-12-8/h3-4,8,12H,1-2,5-7H2. The van der Waals surface area contributed by atoms with E-state index in [1.807, 2.05) is 6.07 Å². The number of halogens is 1. The minimum atomic E-state index is 0.518. The molecule has 0 aliphatic carbocycles. The maximum Gasteiger partial charge on any atom is 0.0931 e. The molecule has 1 unspecified atom stereocenters. The zero-order valence-electron chi connectivity index (χ0n) is 7.96. The van der Waals surface area contributed by atoms with Crippen molar-refractivity contribution in [2.75, 3.05) is 19.8 Å². The van der Waals surface area contributed by atoms with Crippen molar-refractivity contribution in [1.29, 1.82) is 0 Å². The van der Waals surface area contributed by atoms with E-state index in [1.165, 1.54) is 4.88 Å². The number of ether oxygens (including phenoxy) is 1. The fourth-order valence-corrected chi connectivity index (χ4v) is 2.71. The van der Waals surface area contributed by atoms with Gasteiger partial charge in [0.15, 0.2) is 0 Å². The summed E-state index contributed by atoms with van der Waals surface area (Å²) in [5.41, 5.74) is 0. The molecule has 0 bridgehead atoms. The summed E-state index contributed by atoms with van der Waals surface area (Å²) in [5.74, 6) is 0. The number of morpholine rings is 1. The molecule has 0 saturated carbocycles. The summed E-state index contributed by atoms with van der Waals surface area (Å²) in [4.78, 5) is 1.36. The van der Waals surface area contributed by atoms with Crippen LogP contribution >= 0.6 is 22.9 Å². The van der Waals surface area contributed by atoms with Gasteiger partial charge in [-0.1, -0.05) is 11.6 Å². The van der Waals surface area contributed by atoms with E-state index in [0.29, 0.717) is 6.04 Å². The van der Waals surface area contributed by atoms with Crippen molar-refractivity contribution in [2.24, 2.45) is 0 Å². The molecule has 1 saturated heterocycles. The van der Waals surface area contributed by atoms with Crippen LogP contribution in [0.25, 0.3) is 0 Å². The maximum atomic E-state index is 5.86. The third-order valence-corrected chi connectivity index (χ3v) is 3.66.